The topological polar surface area (TPSA) is 156 Å². The summed E-state index contributed by atoms with van der Waals surface area (Å²) >= 11 is -3.09. The highest BCUT2D eigenvalue weighted by atomic mass is 32.2. The molecule has 0 spiro atoms. The lowest BCUT2D eigenvalue weighted by molar-refractivity contribution is -0.00952. The van der Waals surface area contributed by atoms with Crippen molar-refractivity contribution in [2.75, 3.05) is 6.61 Å². The molecule has 1 rings (SSSR count). The number of ether oxygens (including phenoxy) is 2. The maximum absolute atomic E-state index is 13.2. The average molecular weight is 445 g/mol. The second-order valence-corrected chi connectivity index (χ2v) is 8.35. The Kier molecular flexibility index (Phi) is 7.22. The fraction of sp³-hybridized carbons (Fsp3) is 0.429. The van der Waals surface area contributed by atoms with Crippen molar-refractivity contribution in [3.8, 4) is 5.75 Å². The first-order chi connectivity index (χ1) is 12.5. The Morgan fingerprint density at radius 3 is 2.07 bits per heavy atom. The molecule has 0 saturated heterocycles. The molecule has 1 unspecified atom stereocenters. The first-order valence-electron chi connectivity index (χ1n) is 7.20. The second-order valence-electron chi connectivity index (χ2n) is 6.22. The molecule has 0 saturated carbocycles. The van der Waals surface area contributed by atoms with Crippen LogP contribution in [0.25, 0.3) is 0 Å². The largest absolute Gasteiger partial charge is 0.740 e. The predicted molar refractivity (Wildman–Crippen MR) is 87.9 cm³/mol. The molecule has 14 heteroatoms. The highest BCUT2D eigenvalue weighted by Crippen LogP contribution is 2.24. The van der Waals surface area contributed by atoms with E-state index in [-0.39, 0.29) is 5.56 Å². The lowest BCUT2D eigenvalue weighted by atomic mass is 10.1. The molecule has 0 heterocycles. The summed E-state index contributed by atoms with van der Waals surface area (Å²) in [4.78, 5) is 24.0. The molecule has 1 atom stereocenters. The summed E-state index contributed by atoms with van der Waals surface area (Å²) in [5, 5.41) is -4.78. The summed E-state index contributed by atoms with van der Waals surface area (Å²) in [6, 6.07) is 2.49. The van der Waals surface area contributed by atoms with Crippen LogP contribution in [0.3, 0.4) is 0 Å². The van der Waals surface area contributed by atoms with Gasteiger partial charge in [-0.25, -0.2) is 13.8 Å². The van der Waals surface area contributed by atoms with Crippen LogP contribution in [0.15, 0.2) is 18.2 Å². The van der Waals surface area contributed by atoms with E-state index < -0.39 is 62.2 Å². The fourth-order valence-electron chi connectivity index (χ4n) is 1.61. The number of esters is 2. The number of rotatable bonds is 7. The molecular weight excluding hydrogens is 430 g/mol. The van der Waals surface area contributed by atoms with Gasteiger partial charge < -0.3 is 18.2 Å². The van der Waals surface area contributed by atoms with Gasteiger partial charge in [0.2, 0.25) is 0 Å². The molecule has 0 aliphatic rings. The highest BCUT2D eigenvalue weighted by molar-refractivity contribution is 7.86. The molecule has 158 valence electrons. The van der Waals surface area contributed by atoms with Gasteiger partial charge in [0.15, 0.2) is 6.61 Å². The van der Waals surface area contributed by atoms with Gasteiger partial charge in [-0.1, -0.05) is 0 Å². The Morgan fingerprint density at radius 2 is 1.64 bits per heavy atom. The van der Waals surface area contributed by atoms with Gasteiger partial charge in [0.05, 0.1) is 11.1 Å². The van der Waals surface area contributed by atoms with Gasteiger partial charge in [-0.2, -0.15) is 17.2 Å². The molecule has 28 heavy (non-hydrogen) atoms. The second kappa shape index (κ2) is 8.46. The highest BCUT2D eigenvalue weighted by Gasteiger charge is 2.45. The van der Waals surface area contributed by atoms with E-state index in [0.717, 1.165) is 18.2 Å². The molecule has 0 aliphatic heterocycles. The zero-order valence-electron chi connectivity index (χ0n) is 14.6. The van der Waals surface area contributed by atoms with Crippen LogP contribution in [0.1, 0.15) is 41.5 Å². The van der Waals surface area contributed by atoms with E-state index in [1.54, 1.807) is 0 Å². The van der Waals surface area contributed by atoms with E-state index in [4.69, 9.17) is 9.29 Å². The van der Waals surface area contributed by atoms with Crippen molar-refractivity contribution in [3.05, 3.63) is 29.3 Å². The van der Waals surface area contributed by atoms with Crippen LogP contribution in [0.5, 0.6) is 5.75 Å². The van der Waals surface area contributed by atoms with E-state index in [1.165, 1.54) is 20.8 Å². The minimum absolute atomic E-state index is 0.369. The number of carbonyl (C=O) groups is 2. The molecule has 1 aromatic carbocycles. The number of carbonyl (C=O) groups excluding carboxylic acids is 2. The first-order valence-corrected chi connectivity index (χ1v) is 9.64. The molecule has 0 bridgehead atoms. The van der Waals surface area contributed by atoms with Gasteiger partial charge in [-0.15, -0.1) is 0 Å². The van der Waals surface area contributed by atoms with E-state index in [1.807, 2.05) is 0 Å². The Hall–Kier alpha value is -2.16. The van der Waals surface area contributed by atoms with Crippen molar-refractivity contribution in [2.45, 2.75) is 31.6 Å². The van der Waals surface area contributed by atoms with Crippen LogP contribution in [0.2, 0.25) is 0 Å². The smallest absolute Gasteiger partial charge is 0.402 e. The van der Waals surface area contributed by atoms with Crippen LogP contribution < -0.4 is 4.18 Å². The van der Waals surface area contributed by atoms with Gasteiger partial charge in [-0.05, 0) is 39.0 Å². The van der Waals surface area contributed by atoms with Crippen molar-refractivity contribution in [1.82, 2.24) is 0 Å². The third-order valence-corrected chi connectivity index (χ3v) is 3.89. The molecular formula is C14H15F2O10S2-. The summed E-state index contributed by atoms with van der Waals surface area (Å²) in [7, 11) is -5.84. The monoisotopic (exact) mass is 445 g/mol. The van der Waals surface area contributed by atoms with Crippen LogP contribution in [-0.2, 0) is 31.0 Å². The standard InChI is InChI=1S/C14H16F2O10S2/c1-13(2,3)25-12(18)9-4-8(5-10(6-9)26-27(19)20)11(17)24-7-14(15,16)28(21,22)23/h4-6H,7H2,1-3H3,(H,19,20)(H,21,22,23)/p-1. The molecule has 0 radical (unpaired) electrons. The summed E-state index contributed by atoms with van der Waals surface area (Å²) in [6.07, 6.45) is 0. The Labute approximate surface area is 161 Å². The zero-order chi connectivity index (χ0) is 21.9. The average Bonchev–Trinajstić information content (AvgIpc) is 2.48. The number of hydrogen-bond acceptors (Lipinski definition) is 9. The minimum atomic E-state index is -5.84. The molecule has 0 amide bonds. The Morgan fingerprint density at radius 1 is 1.14 bits per heavy atom. The van der Waals surface area contributed by atoms with E-state index in [0.29, 0.717) is 0 Å². The molecule has 10 nitrogen and oxygen atoms in total. The summed E-state index contributed by atoms with van der Waals surface area (Å²) in [5.41, 5.74) is -1.94. The lowest BCUT2D eigenvalue weighted by Gasteiger charge is -2.20. The molecule has 1 aromatic rings. The fourth-order valence-corrected chi connectivity index (χ4v) is 2.07. The van der Waals surface area contributed by atoms with Gasteiger partial charge in [0.25, 0.3) is 0 Å². The third kappa shape index (κ3) is 7.10. The van der Waals surface area contributed by atoms with Gasteiger partial charge >= 0.3 is 27.3 Å². The summed E-state index contributed by atoms with van der Waals surface area (Å²) in [5.74, 6) is -3.08. The van der Waals surface area contributed by atoms with Gasteiger partial charge in [0.1, 0.15) is 22.7 Å². The Bertz CT molecular complexity index is 890. The first kappa shape index (κ1) is 23.9. The van der Waals surface area contributed by atoms with Crippen molar-refractivity contribution in [1.29, 1.82) is 0 Å². The molecule has 0 fully saturated rings. The van der Waals surface area contributed by atoms with Crippen LogP contribution >= 0.6 is 0 Å². The minimum Gasteiger partial charge on any atom is -0.740 e. The van der Waals surface area contributed by atoms with Gasteiger partial charge in [0, 0.05) is 0 Å². The van der Waals surface area contributed by atoms with Gasteiger partial charge in [-0.3, -0.25) is 4.55 Å². The summed E-state index contributed by atoms with van der Waals surface area (Å²) < 4.78 is 90.6. The molecule has 0 aromatic heterocycles. The lowest BCUT2D eigenvalue weighted by Crippen LogP contribution is -2.34. The maximum atomic E-state index is 13.2. The van der Waals surface area contributed by atoms with Crippen molar-refractivity contribution < 1.29 is 53.8 Å². The SMILES string of the molecule is CC(C)(C)OC(=O)c1cc(OS(=O)[O-])cc(C(=O)OCC(F)(F)S(=O)(=O)O)c1. The summed E-state index contributed by atoms with van der Waals surface area (Å²) in [6.45, 7) is 2.57. The quantitative estimate of drug-likeness (QED) is 0.370. The number of hydrogen-bond donors (Lipinski definition) is 1. The Balaban J connectivity index is 3.19. The van der Waals surface area contributed by atoms with Crippen molar-refractivity contribution in [2.24, 2.45) is 0 Å². The number of halogens is 2. The van der Waals surface area contributed by atoms with Crippen LogP contribution in [0, 0.1) is 0 Å². The van der Waals surface area contributed by atoms with E-state index in [9.17, 15) is 35.5 Å². The third-order valence-electron chi connectivity index (χ3n) is 2.69. The maximum Gasteiger partial charge on any atom is 0.402 e. The van der Waals surface area contributed by atoms with Crippen molar-refractivity contribution >= 4 is 33.4 Å². The molecule has 1 N–H and O–H groups in total. The normalized spacial score (nSPS) is 13.5. The number of alkyl halides is 2. The van der Waals surface area contributed by atoms with Crippen molar-refractivity contribution in [3.63, 3.8) is 0 Å². The zero-order valence-corrected chi connectivity index (χ0v) is 16.3. The van der Waals surface area contributed by atoms with E-state index in [2.05, 4.69) is 8.92 Å². The predicted octanol–water partition coefficient (Wildman–Crippen LogP) is 1.45. The van der Waals surface area contributed by atoms with E-state index >= 15 is 0 Å². The van der Waals surface area contributed by atoms with Crippen LogP contribution in [0.4, 0.5) is 8.78 Å². The van der Waals surface area contributed by atoms with Crippen LogP contribution in [-0.4, -0.2) is 51.1 Å². The molecule has 0 aliphatic carbocycles. The number of benzene rings is 1.